The van der Waals surface area contributed by atoms with Gasteiger partial charge in [-0.3, -0.25) is 4.79 Å². The van der Waals surface area contributed by atoms with Crippen LogP contribution in [-0.2, 0) is 14.3 Å². The van der Waals surface area contributed by atoms with E-state index < -0.39 is 0 Å². The highest BCUT2D eigenvalue weighted by molar-refractivity contribution is 7.99. The molecule has 0 radical (unpaired) electrons. The summed E-state index contributed by atoms with van der Waals surface area (Å²) in [6.07, 6.45) is 6.89. The number of nitrogens with one attached hydrogen (secondary N) is 1. The highest BCUT2D eigenvalue weighted by Gasteiger charge is 2.00. The average Bonchev–Trinajstić information content (AvgIpc) is 2.52. The number of ether oxygens (including phenoxy) is 2. The number of halogens is 1. The minimum atomic E-state index is 0.0953. The van der Waals surface area contributed by atoms with E-state index in [9.17, 15) is 4.79 Å². The lowest BCUT2D eigenvalue weighted by Crippen LogP contribution is -2.29. The summed E-state index contributed by atoms with van der Waals surface area (Å²) in [6.45, 7) is 5.27. The van der Waals surface area contributed by atoms with Gasteiger partial charge < -0.3 is 14.8 Å². The Kier molecular flexibility index (Phi) is 19.1. The fourth-order valence-corrected chi connectivity index (χ4v) is 2.81. The quantitative estimate of drug-likeness (QED) is 0.321. The monoisotopic (exact) mass is 353 g/mol. The minimum absolute atomic E-state index is 0.0953. The predicted molar refractivity (Wildman–Crippen MR) is 96.1 cm³/mol. The van der Waals surface area contributed by atoms with E-state index >= 15 is 0 Å². The van der Waals surface area contributed by atoms with Crippen LogP contribution in [0.3, 0.4) is 0 Å². The van der Waals surface area contributed by atoms with Gasteiger partial charge in [-0.15, -0.1) is 11.6 Å². The van der Waals surface area contributed by atoms with Crippen LogP contribution in [-0.4, -0.2) is 56.3 Å². The summed E-state index contributed by atoms with van der Waals surface area (Å²) >= 11 is 7.30. The van der Waals surface area contributed by atoms with E-state index in [1.807, 2.05) is 0 Å². The van der Waals surface area contributed by atoms with Gasteiger partial charge in [0.1, 0.15) is 0 Å². The van der Waals surface area contributed by atoms with Gasteiger partial charge in [0.05, 0.1) is 25.6 Å². The zero-order valence-electron chi connectivity index (χ0n) is 13.9. The maximum atomic E-state index is 11.5. The number of amides is 1. The molecule has 0 aromatic heterocycles. The second-order valence-electron chi connectivity index (χ2n) is 5.08. The van der Waals surface area contributed by atoms with Crippen molar-refractivity contribution in [2.45, 2.75) is 45.4 Å². The molecule has 0 unspecified atom stereocenters. The molecule has 0 atom stereocenters. The van der Waals surface area contributed by atoms with Crippen LogP contribution in [0.1, 0.15) is 45.4 Å². The fourth-order valence-electron chi connectivity index (χ4n) is 1.70. The Morgan fingerprint density at radius 3 is 2.45 bits per heavy atom. The molecule has 22 heavy (non-hydrogen) atoms. The van der Waals surface area contributed by atoms with Crippen LogP contribution in [0, 0.1) is 0 Å². The number of thioether (sulfide) groups is 1. The Morgan fingerprint density at radius 2 is 1.73 bits per heavy atom. The lowest BCUT2D eigenvalue weighted by Gasteiger charge is -2.07. The molecule has 1 amide bonds. The normalized spacial score (nSPS) is 10.8. The van der Waals surface area contributed by atoms with Crippen molar-refractivity contribution in [2.75, 3.05) is 50.4 Å². The molecule has 132 valence electrons. The second kappa shape index (κ2) is 19.1. The van der Waals surface area contributed by atoms with E-state index in [1.54, 1.807) is 11.8 Å². The summed E-state index contributed by atoms with van der Waals surface area (Å²) in [5, 5.41) is 2.85. The first-order chi connectivity index (χ1) is 10.8. The van der Waals surface area contributed by atoms with Crippen LogP contribution in [0.4, 0.5) is 0 Å². The maximum Gasteiger partial charge on any atom is 0.230 e. The van der Waals surface area contributed by atoms with Crippen molar-refractivity contribution in [1.29, 1.82) is 0 Å². The molecule has 0 heterocycles. The van der Waals surface area contributed by atoms with Crippen LogP contribution >= 0.6 is 23.4 Å². The van der Waals surface area contributed by atoms with E-state index in [1.165, 1.54) is 25.7 Å². The molecule has 0 aromatic carbocycles. The first-order valence-electron chi connectivity index (χ1n) is 8.37. The largest absolute Gasteiger partial charge is 0.379 e. The Balaban J connectivity index is 3.08. The molecule has 0 aromatic rings. The highest BCUT2D eigenvalue weighted by Crippen LogP contribution is 2.03. The molecule has 0 aliphatic heterocycles. The number of hydrogen-bond acceptors (Lipinski definition) is 4. The molecule has 0 aliphatic carbocycles. The van der Waals surface area contributed by atoms with Gasteiger partial charge in [-0.05, 0) is 25.0 Å². The van der Waals surface area contributed by atoms with Gasteiger partial charge in [0.2, 0.25) is 5.91 Å². The first kappa shape index (κ1) is 22.0. The van der Waals surface area contributed by atoms with Gasteiger partial charge in [-0.2, -0.15) is 11.8 Å². The topological polar surface area (TPSA) is 47.6 Å². The smallest absolute Gasteiger partial charge is 0.230 e. The standard InChI is InChI=1S/C16H32ClNO3S/c1-2-3-14-22-15-16(19)18-9-11-21-13-12-20-10-7-5-4-6-8-17/h2-15H2,1H3,(H,18,19). The fraction of sp³-hybridized carbons (Fsp3) is 0.938. The first-order valence-corrected chi connectivity index (χ1v) is 10.1. The van der Waals surface area contributed by atoms with Crippen molar-refractivity contribution in [1.82, 2.24) is 5.32 Å². The third-order valence-corrected chi connectivity index (χ3v) is 4.30. The van der Waals surface area contributed by atoms with Crippen molar-refractivity contribution >= 4 is 29.3 Å². The number of alkyl halides is 1. The van der Waals surface area contributed by atoms with Crippen LogP contribution < -0.4 is 5.32 Å². The lowest BCUT2D eigenvalue weighted by atomic mass is 10.2. The summed E-state index contributed by atoms with van der Waals surface area (Å²) in [5.41, 5.74) is 0. The van der Waals surface area contributed by atoms with E-state index in [-0.39, 0.29) is 5.91 Å². The van der Waals surface area contributed by atoms with Crippen LogP contribution in [0.15, 0.2) is 0 Å². The van der Waals surface area contributed by atoms with Crippen molar-refractivity contribution in [2.24, 2.45) is 0 Å². The van der Waals surface area contributed by atoms with Crippen molar-refractivity contribution in [3.8, 4) is 0 Å². The maximum absolute atomic E-state index is 11.5. The van der Waals surface area contributed by atoms with Crippen LogP contribution in [0.2, 0.25) is 0 Å². The molecule has 1 N–H and O–H groups in total. The number of carbonyl (C=O) groups is 1. The molecule has 0 saturated carbocycles. The summed E-state index contributed by atoms with van der Waals surface area (Å²) in [5.74, 6) is 2.46. The van der Waals surface area contributed by atoms with Gasteiger partial charge in [0.25, 0.3) is 0 Å². The highest BCUT2D eigenvalue weighted by atomic mass is 35.5. The Morgan fingerprint density at radius 1 is 1.00 bits per heavy atom. The van der Waals surface area contributed by atoms with Gasteiger partial charge in [-0.25, -0.2) is 0 Å². The van der Waals surface area contributed by atoms with E-state index in [4.69, 9.17) is 21.1 Å². The number of unbranched alkanes of at least 4 members (excludes halogenated alkanes) is 4. The molecular weight excluding hydrogens is 322 g/mol. The van der Waals surface area contributed by atoms with Crippen LogP contribution in [0.25, 0.3) is 0 Å². The van der Waals surface area contributed by atoms with Crippen molar-refractivity contribution < 1.29 is 14.3 Å². The minimum Gasteiger partial charge on any atom is -0.379 e. The number of carbonyl (C=O) groups excluding carboxylic acids is 1. The van der Waals surface area contributed by atoms with Gasteiger partial charge >= 0.3 is 0 Å². The molecule has 0 rings (SSSR count). The predicted octanol–water partition coefficient (Wildman–Crippen LogP) is 3.47. The summed E-state index contributed by atoms with van der Waals surface area (Å²) in [4.78, 5) is 11.5. The van der Waals surface area contributed by atoms with E-state index in [0.29, 0.717) is 32.1 Å². The molecule has 4 nitrogen and oxygen atoms in total. The Hall–Kier alpha value is 0.0300. The second-order valence-corrected chi connectivity index (χ2v) is 6.57. The molecule has 0 spiro atoms. The Labute approximate surface area is 145 Å². The Bertz CT molecular complexity index is 245. The van der Waals surface area contributed by atoms with Gasteiger partial charge in [0.15, 0.2) is 0 Å². The zero-order valence-corrected chi connectivity index (χ0v) is 15.5. The average molecular weight is 354 g/mol. The number of hydrogen-bond donors (Lipinski definition) is 1. The van der Waals surface area contributed by atoms with Crippen molar-refractivity contribution in [3.63, 3.8) is 0 Å². The lowest BCUT2D eigenvalue weighted by molar-refractivity contribution is -0.118. The summed E-state index contributed by atoms with van der Waals surface area (Å²) < 4.78 is 10.9. The summed E-state index contributed by atoms with van der Waals surface area (Å²) in [6, 6.07) is 0. The zero-order chi connectivity index (χ0) is 16.3. The SMILES string of the molecule is CCCCSCC(=O)NCCOCCOCCCCCCCl. The molecule has 0 saturated heterocycles. The molecular formula is C16H32ClNO3S. The summed E-state index contributed by atoms with van der Waals surface area (Å²) in [7, 11) is 0. The molecule has 0 aliphatic rings. The molecule has 0 fully saturated rings. The van der Waals surface area contributed by atoms with Gasteiger partial charge in [-0.1, -0.05) is 26.2 Å². The molecule has 6 heteroatoms. The van der Waals surface area contributed by atoms with Crippen molar-refractivity contribution in [3.05, 3.63) is 0 Å². The third kappa shape index (κ3) is 18.1. The van der Waals surface area contributed by atoms with Crippen LogP contribution in [0.5, 0.6) is 0 Å². The van der Waals surface area contributed by atoms with E-state index in [0.717, 1.165) is 31.1 Å². The number of rotatable bonds is 17. The molecule has 0 bridgehead atoms. The van der Waals surface area contributed by atoms with E-state index in [2.05, 4.69) is 12.2 Å². The third-order valence-electron chi connectivity index (χ3n) is 2.99. The van der Waals surface area contributed by atoms with Gasteiger partial charge in [0, 0.05) is 19.0 Å².